The van der Waals surface area contributed by atoms with Gasteiger partial charge >= 0.3 is 6.01 Å². The first-order chi connectivity index (χ1) is 10.3. The van der Waals surface area contributed by atoms with Crippen LogP contribution in [0, 0.1) is 0 Å². The van der Waals surface area contributed by atoms with Gasteiger partial charge in [0.2, 0.25) is 11.9 Å². The largest absolute Gasteiger partial charge is 0.463 e. The highest BCUT2D eigenvalue weighted by Gasteiger charge is 2.11. The highest BCUT2D eigenvalue weighted by atomic mass is 32.1. The summed E-state index contributed by atoms with van der Waals surface area (Å²) >= 11 is 1.71. The van der Waals surface area contributed by atoms with Crippen molar-refractivity contribution < 1.29 is 4.74 Å². The Morgan fingerprint density at radius 2 is 2.10 bits per heavy atom. The number of nitrogens with zero attached hydrogens (tertiary/aromatic N) is 4. The first-order valence-electron chi connectivity index (χ1n) is 6.89. The Morgan fingerprint density at radius 1 is 1.29 bits per heavy atom. The van der Waals surface area contributed by atoms with Gasteiger partial charge in [0.15, 0.2) is 0 Å². The number of hydrogen-bond acceptors (Lipinski definition) is 8. The number of nitrogens with one attached hydrogen (secondary N) is 1. The lowest BCUT2D eigenvalue weighted by Crippen LogP contribution is -2.25. The normalized spacial score (nSPS) is 10.4. The Morgan fingerprint density at radius 3 is 2.71 bits per heavy atom. The summed E-state index contributed by atoms with van der Waals surface area (Å²) < 4.78 is 5.62. The van der Waals surface area contributed by atoms with Crippen LogP contribution in [0.15, 0.2) is 17.5 Å². The maximum Gasteiger partial charge on any atom is 0.323 e. The molecule has 2 rings (SSSR count). The summed E-state index contributed by atoms with van der Waals surface area (Å²) in [7, 11) is 0. The molecule has 7 nitrogen and oxygen atoms in total. The van der Waals surface area contributed by atoms with E-state index in [2.05, 4.69) is 26.4 Å². The number of nitrogens with two attached hydrogens (primary N) is 1. The molecule has 2 aromatic heterocycles. The van der Waals surface area contributed by atoms with Gasteiger partial charge in [-0.3, -0.25) is 5.43 Å². The van der Waals surface area contributed by atoms with E-state index in [1.165, 1.54) is 4.88 Å². The minimum atomic E-state index is 0.288. The average Bonchev–Trinajstić information content (AvgIpc) is 3.01. The Labute approximate surface area is 128 Å². The van der Waals surface area contributed by atoms with Crippen molar-refractivity contribution in [2.75, 3.05) is 30.0 Å². The van der Waals surface area contributed by atoms with Crippen LogP contribution < -0.4 is 20.9 Å². The fraction of sp³-hybridized carbons (Fsp3) is 0.462. The first-order valence-corrected chi connectivity index (χ1v) is 7.77. The summed E-state index contributed by atoms with van der Waals surface area (Å²) in [5, 5.41) is 2.05. The maximum absolute atomic E-state index is 5.62. The molecule has 0 bridgehead atoms. The van der Waals surface area contributed by atoms with Crippen molar-refractivity contribution in [3.63, 3.8) is 0 Å². The third kappa shape index (κ3) is 4.27. The SMILES string of the molecule is CCN(CC)c1nc(NN)nc(OCCc2cccs2)n1. The molecule has 0 unspecified atom stereocenters. The van der Waals surface area contributed by atoms with Crippen LogP contribution in [0.2, 0.25) is 0 Å². The zero-order valence-corrected chi connectivity index (χ0v) is 13.1. The van der Waals surface area contributed by atoms with Crippen LogP contribution in [0.3, 0.4) is 0 Å². The van der Waals surface area contributed by atoms with Crippen LogP contribution >= 0.6 is 11.3 Å². The number of ether oxygens (including phenoxy) is 1. The fourth-order valence-electron chi connectivity index (χ4n) is 1.82. The summed E-state index contributed by atoms with van der Waals surface area (Å²) in [5.41, 5.74) is 2.45. The molecular formula is C13H20N6OS. The van der Waals surface area contributed by atoms with Gasteiger partial charge in [0, 0.05) is 24.4 Å². The van der Waals surface area contributed by atoms with Crippen LogP contribution in [0.5, 0.6) is 6.01 Å². The van der Waals surface area contributed by atoms with E-state index in [1.54, 1.807) is 11.3 Å². The Kier molecular flexibility index (Phi) is 5.70. The van der Waals surface area contributed by atoms with Crippen molar-refractivity contribution in [3.8, 4) is 6.01 Å². The molecule has 0 aromatic carbocycles. The predicted molar refractivity (Wildman–Crippen MR) is 84.7 cm³/mol. The third-order valence-corrected chi connectivity index (χ3v) is 3.87. The van der Waals surface area contributed by atoms with Crippen LogP contribution in [0.4, 0.5) is 11.9 Å². The molecule has 0 radical (unpaired) electrons. The first kappa shape index (κ1) is 15.5. The van der Waals surface area contributed by atoms with Crippen molar-refractivity contribution in [1.29, 1.82) is 0 Å². The lowest BCUT2D eigenvalue weighted by molar-refractivity contribution is 0.296. The molecule has 2 heterocycles. The van der Waals surface area contributed by atoms with Crippen molar-refractivity contribution in [1.82, 2.24) is 15.0 Å². The Bertz CT molecular complexity index is 544. The third-order valence-electron chi connectivity index (χ3n) is 2.94. The number of rotatable bonds is 8. The summed E-state index contributed by atoms with van der Waals surface area (Å²) in [4.78, 5) is 16.0. The summed E-state index contributed by atoms with van der Waals surface area (Å²) in [6.07, 6.45) is 0.829. The molecule has 0 amide bonds. The topological polar surface area (TPSA) is 89.2 Å². The van der Waals surface area contributed by atoms with Crippen molar-refractivity contribution >= 4 is 23.2 Å². The quantitative estimate of drug-likeness (QED) is 0.566. The highest BCUT2D eigenvalue weighted by molar-refractivity contribution is 7.09. The number of hydrogen-bond donors (Lipinski definition) is 2. The number of anilines is 2. The van der Waals surface area contributed by atoms with E-state index < -0.39 is 0 Å². The van der Waals surface area contributed by atoms with E-state index >= 15 is 0 Å². The second-order valence-corrected chi connectivity index (χ2v) is 5.27. The molecule has 0 spiro atoms. The van der Waals surface area contributed by atoms with Crippen molar-refractivity contribution in [2.24, 2.45) is 5.84 Å². The van der Waals surface area contributed by atoms with Crippen LogP contribution in [0.1, 0.15) is 18.7 Å². The van der Waals surface area contributed by atoms with Crippen molar-refractivity contribution in [2.45, 2.75) is 20.3 Å². The monoisotopic (exact) mass is 308 g/mol. The molecule has 0 aliphatic heterocycles. The molecule has 3 N–H and O–H groups in total. The smallest absolute Gasteiger partial charge is 0.323 e. The van der Waals surface area contributed by atoms with Crippen LogP contribution in [0.25, 0.3) is 0 Å². The molecule has 2 aromatic rings. The Balaban J connectivity index is 2.05. The van der Waals surface area contributed by atoms with E-state index in [0.29, 0.717) is 18.5 Å². The number of aromatic nitrogens is 3. The second kappa shape index (κ2) is 7.75. The molecule has 0 fully saturated rings. The van der Waals surface area contributed by atoms with Gasteiger partial charge in [-0.05, 0) is 25.3 Å². The van der Waals surface area contributed by atoms with E-state index in [0.717, 1.165) is 19.5 Å². The minimum Gasteiger partial charge on any atom is -0.463 e. The summed E-state index contributed by atoms with van der Waals surface area (Å²) in [6.45, 7) is 6.21. The van der Waals surface area contributed by atoms with E-state index in [4.69, 9.17) is 10.6 Å². The molecule has 114 valence electrons. The second-order valence-electron chi connectivity index (χ2n) is 4.24. The number of thiophene rings is 1. The molecule has 0 aliphatic carbocycles. The molecule has 0 aliphatic rings. The van der Waals surface area contributed by atoms with E-state index in [-0.39, 0.29) is 6.01 Å². The van der Waals surface area contributed by atoms with Gasteiger partial charge in [0.25, 0.3) is 0 Å². The van der Waals surface area contributed by atoms with Gasteiger partial charge in [-0.25, -0.2) is 5.84 Å². The standard InChI is InChI=1S/C13H20N6OS/c1-3-19(4-2)12-15-11(18-14)16-13(17-12)20-8-7-10-6-5-9-21-10/h5-6,9H,3-4,7-8,14H2,1-2H3,(H,15,16,17,18). The maximum atomic E-state index is 5.62. The molecule has 0 atom stereocenters. The van der Waals surface area contributed by atoms with Gasteiger partial charge in [-0.2, -0.15) is 15.0 Å². The molecule has 8 heteroatoms. The van der Waals surface area contributed by atoms with Gasteiger partial charge in [0.1, 0.15) is 0 Å². The predicted octanol–water partition coefficient (Wildman–Crippen LogP) is 1.69. The lowest BCUT2D eigenvalue weighted by atomic mass is 10.4. The molecule has 21 heavy (non-hydrogen) atoms. The molecule has 0 saturated heterocycles. The Hall–Kier alpha value is -1.93. The lowest BCUT2D eigenvalue weighted by Gasteiger charge is -2.19. The summed E-state index contributed by atoms with van der Waals surface area (Å²) in [5.74, 6) is 6.27. The van der Waals surface area contributed by atoms with Gasteiger partial charge < -0.3 is 9.64 Å². The minimum absolute atomic E-state index is 0.288. The zero-order chi connectivity index (χ0) is 15.1. The van der Waals surface area contributed by atoms with E-state index in [1.807, 2.05) is 30.2 Å². The van der Waals surface area contributed by atoms with Gasteiger partial charge in [-0.1, -0.05) is 6.07 Å². The van der Waals surface area contributed by atoms with Crippen LogP contribution in [-0.2, 0) is 6.42 Å². The molecule has 0 saturated carbocycles. The van der Waals surface area contributed by atoms with Gasteiger partial charge in [0.05, 0.1) is 6.61 Å². The summed E-state index contributed by atoms with van der Waals surface area (Å²) in [6, 6.07) is 4.39. The fourth-order valence-corrected chi connectivity index (χ4v) is 2.51. The van der Waals surface area contributed by atoms with E-state index in [9.17, 15) is 0 Å². The number of hydrazine groups is 1. The highest BCUT2D eigenvalue weighted by Crippen LogP contribution is 2.15. The van der Waals surface area contributed by atoms with Crippen LogP contribution in [-0.4, -0.2) is 34.6 Å². The van der Waals surface area contributed by atoms with Gasteiger partial charge in [-0.15, -0.1) is 11.3 Å². The van der Waals surface area contributed by atoms with Crippen molar-refractivity contribution in [3.05, 3.63) is 22.4 Å². The zero-order valence-electron chi connectivity index (χ0n) is 12.2. The molecular weight excluding hydrogens is 288 g/mol. The number of nitrogen functional groups attached to an aromatic ring is 1. The average molecular weight is 308 g/mol.